The van der Waals surface area contributed by atoms with Gasteiger partial charge in [-0.1, -0.05) is 40.2 Å². The third-order valence-electron chi connectivity index (χ3n) is 3.36. The highest BCUT2D eigenvalue weighted by atomic mass is 79.9. The molecule has 1 aliphatic heterocycles. The molecule has 0 saturated heterocycles. The normalized spacial score (nSPS) is 13.8. The Hall–Kier alpha value is -1.35. The molecule has 3 heteroatoms. The number of hydrogen-bond acceptors (Lipinski definition) is 1. The Labute approximate surface area is 114 Å². The fraction of sp³-hybridized carbons (Fsp3) is 0.200. The largest absolute Gasteiger partial charge is 0.367 e. The molecule has 2 aromatic carbocycles. The summed E-state index contributed by atoms with van der Waals surface area (Å²) in [6, 6.07) is 13.2. The third kappa shape index (κ3) is 2.15. The molecule has 0 aromatic heterocycles. The van der Waals surface area contributed by atoms with Gasteiger partial charge in [-0.25, -0.2) is 4.39 Å². The second kappa shape index (κ2) is 4.73. The average Bonchev–Trinajstić information content (AvgIpc) is 2.75. The second-order valence-corrected chi connectivity index (χ2v) is 5.39. The Balaban J connectivity index is 1.89. The van der Waals surface area contributed by atoms with E-state index >= 15 is 0 Å². The molecule has 3 rings (SSSR count). The number of anilines is 1. The smallest absolute Gasteiger partial charge is 0.125 e. The van der Waals surface area contributed by atoms with Gasteiger partial charge in [0.1, 0.15) is 5.82 Å². The molecular weight excluding hydrogens is 293 g/mol. The summed E-state index contributed by atoms with van der Waals surface area (Å²) in [5.74, 6) is -0.159. The Kier molecular flexibility index (Phi) is 3.08. The first-order chi connectivity index (χ1) is 8.74. The van der Waals surface area contributed by atoms with Crippen LogP contribution in [-0.2, 0) is 13.0 Å². The molecule has 92 valence electrons. The van der Waals surface area contributed by atoms with E-state index in [4.69, 9.17) is 0 Å². The summed E-state index contributed by atoms with van der Waals surface area (Å²) in [6.45, 7) is 1.78. The molecule has 0 aliphatic carbocycles. The monoisotopic (exact) mass is 305 g/mol. The highest BCUT2D eigenvalue weighted by Gasteiger charge is 2.20. The third-order valence-corrected chi connectivity index (χ3v) is 4.13. The molecule has 2 aromatic rings. The van der Waals surface area contributed by atoms with Gasteiger partial charge in [-0.15, -0.1) is 0 Å². The summed E-state index contributed by atoms with van der Waals surface area (Å²) in [7, 11) is 0. The standard InChI is InChI=1S/C15H13BrFN/c16-14-4-2-1-3-12(14)10-18-8-7-11-5-6-13(17)9-15(11)18/h1-6,9H,7-8,10H2. The van der Waals surface area contributed by atoms with Crippen molar-refractivity contribution in [3.8, 4) is 0 Å². The van der Waals surface area contributed by atoms with Crippen LogP contribution in [0.4, 0.5) is 10.1 Å². The highest BCUT2D eigenvalue weighted by molar-refractivity contribution is 9.10. The van der Waals surface area contributed by atoms with Gasteiger partial charge >= 0.3 is 0 Å². The van der Waals surface area contributed by atoms with Crippen LogP contribution in [0.25, 0.3) is 0 Å². The highest BCUT2D eigenvalue weighted by Crippen LogP contribution is 2.31. The van der Waals surface area contributed by atoms with Crippen molar-refractivity contribution in [1.82, 2.24) is 0 Å². The van der Waals surface area contributed by atoms with Crippen molar-refractivity contribution >= 4 is 21.6 Å². The van der Waals surface area contributed by atoms with Crippen LogP contribution in [0.2, 0.25) is 0 Å². The first kappa shape index (κ1) is 11.7. The number of halogens is 2. The molecule has 0 N–H and O–H groups in total. The molecule has 0 bridgehead atoms. The Morgan fingerprint density at radius 2 is 2.00 bits per heavy atom. The Morgan fingerprint density at radius 3 is 2.83 bits per heavy atom. The van der Waals surface area contributed by atoms with Crippen LogP contribution >= 0.6 is 15.9 Å². The molecule has 0 amide bonds. The van der Waals surface area contributed by atoms with Crippen molar-refractivity contribution in [2.24, 2.45) is 0 Å². The number of benzene rings is 2. The molecule has 1 aliphatic rings. The number of hydrogen-bond donors (Lipinski definition) is 0. The van der Waals surface area contributed by atoms with Gasteiger partial charge in [-0.2, -0.15) is 0 Å². The van der Waals surface area contributed by atoms with Gasteiger partial charge in [-0.05, 0) is 35.7 Å². The topological polar surface area (TPSA) is 3.24 Å². The first-order valence-corrected chi connectivity index (χ1v) is 6.80. The van der Waals surface area contributed by atoms with Crippen molar-refractivity contribution < 1.29 is 4.39 Å². The summed E-state index contributed by atoms with van der Waals surface area (Å²) in [5, 5.41) is 0. The van der Waals surface area contributed by atoms with Gasteiger partial charge < -0.3 is 4.90 Å². The molecule has 0 unspecified atom stereocenters. The molecule has 0 radical (unpaired) electrons. The number of fused-ring (bicyclic) bond motifs is 1. The SMILES string of the molecule is Fc1ccc2c(c1)N(Cc1ccccc1Br)CC2. The van der Waals surface area contributed by atoms with E-state index in [1.54, 1.807) is 12.1 Å². The quantitative estimate of drug-likeness (QED) is 0.805. The van der Waals surface area contributed by atoms with E-state index in [-0.39, 0.29) is 5.82 Å². The summed E-state index contributed by atoms with van der Waals surface area (Å²) >= 11 is 3.56. The van der Waals surface area contributed by atoms with Gasteiger partial charge in [0.05, 0.1) is 0 Å². The van der Waals surface area contributed by atoms with Gasteiger partial charge in [0.2, 0.25) is 0 Å². The fourth-order valence-electron chi connectivity index (χ4n) is 2.42. The fourth-order valence-corrected chi connectivity index (χ4v) is 2.83. The van der Waals surface area contributed by atoms with Crippen molar-refractivity contribution in [1.29, 1.82) is 0 Å². The van der Waals surface area contributed by atoms with Gasteiger partial charge in [0, 0.05) is 23.2 Å². The zero-order chi connectivity index (χ0) is 12.5. The average molecular weight is 306 g/mol. The lowest BCUT2D eigenvalue weighted by Crippen LogP contribution is -2.19. The van der Waals surface area contributed by atoms with Gasteiger partial charge in [0.25, 0.3) is 0 Å². The molecular formula is C15H13BrFN. The first-order valence-electron chi connectivity index (χ1n) is 6.01. The van der Waals surface area contributed by atoms with Crippen LogP contribution in [0, 0.1) is 5.82 Å². The Morgan fingerprint density at radius 1 is 1.17 bits per heavy atom. The molecule has 1 heterocycles. The summed E-state index contributed by atoms with van der Waals surface area (Å²) in [6.07, 6.45) is 1.00. The minimum Gasteiger partial charge on any atom is -0.367 e. The summed E-state index contributed by atoms with van der Waals surface area (Å²) in [4.78, 5) is 2.23. The van der Waals surface area contributed by atoms with Crippen LogP contribution in [0.3, 0.4) is 0 Å². The maximum Gasteiger partial charge on any atom is 0.125 e. The Bertz CT molecular complexity index is 582. The maximum atomic E-state index is 13.3. The zero-order valence-electron chi connectivity index (χ0n) is 9.87. The van der Waals surface area contributed by atoms with E-state index in [2.05, 4.69) is 26.9 Å². The van der Waals surface area contributed by atoms with E-state index < -0.39 is 0 Å². The summed E-state index contributed by atoms with van der Waals surface area (Å²) < 4.78 is 14.4. The molecule has 18 heavy (non-hydrogen) atoms. The van der Waals surface area contributed by atoms with Crippen molar-refractivity contribution in [2.45, 2.75) is 13.0 Å². The molecule has 0 spiro atoms. The molecule has 0 saturated carbocycles. The predicted molar refractivity (Wildman–Crippen MR) is 75.3 cm³/mol. The lowest BCUT2D eigenvalue weighted by atomic mass is 10.1. The van der Waals surface area contributed by atoms with Crippen LogP contribution in [0.15, 0.2) is 46.9 Å². The van der Waals surface area contributed by atoms with Gasteiger partial charge in [-0.3, -0.25) is 0 Å². The minimum atomic E-state index is -0.159. The molecule has 1 nitrogen and oxygen atoms in total. The van der Waals surface area contributed by atoms with Crippen molar-refractivity contribution in [3.05, 3.63) is 63.9 Å². The lowest BCUT2D eigenvalue weighted by molar-refractivity contribution is 0.627. The van der Waals surface area contributed by atoms with Crippen LogP contribution in [0.5, 0.6) is 0 Å². The van der Waals surface area contributed by atoms with Crippen molar-refractivity contribution in [2.75, 3.05) is 11.4 Å². The summed E-state index contributed by atoms with van der Waals surface area (Å²) in [5.41, 5.74) is 3.50. The lowest BCUT2D eigenvalue weighted by Gasteiger charge is -2.20. The predicted octanol–water partition coefficient (Wildman–Crippen LogP) is 4.15. The van der Waals surface area contributed by atoms with Crippen molar-refractivity contribution in [3.63, 3.8) is 0 Å². The van der Waals surface area contributed by atoms with E-state index in [9.17, 15) is 4.39 Å². The zero-order valence-corrected chi connectivity index (χ0v) is 11.5. The van der Waals surface area contributed by atoms with Crippen LogP contribution in [-0.4, -0.2) is 6.54 Å². The van der Waals surface area contributed by atoms with E-state index in [0.29, 0.717) is 0 Å². The van der Waals surface area contributed by atoms with Crippen LogP contribution in [0.1, 0.15) is 11.1 Å². The van der Waals surface area contributed by atoms with Crippen LogP contribution < -0.4 is 4.90 Å². The van der Waals surface area contributed by atoms with Gasteiger partial charge in [0.15, 0.2) is 0 Å². The second-order valence-electron chi connectivity index (χ2n) is 4.54. The molecule has 0 fully saturated rings. The number of rotatable bonds is 2. The van der Waals surface area contributed by atoms with E-state index in [1.807, 2.05) is 24.3 Å². The number of nitrogens with zero attached hydrogens (tertiary/aromatic N) is 1. The van der Waals surface area contributed by atoms with E-state index in [0.717, 1.165) is 29.7 Å². The minimum absolute atomic E-state index is 0.159. The maximum absolute atomic E-state index is 13.3. The van der Waals surface area contributed by atoms with E-state index in [1.165, 1.54) is 11.1 Å². The molecule has 0 atom stereocenters.